The van der Waals surface area contributed by atoms with Crippen LogP contribution in [0.3, 0.4) is 0 Å². The fraction of sp³-hybridized carbons (Fsp3) is 0.733. The maximum absolute atomic E-state index is 12.1. The number of hydrogen-bond acceptors (Lipinski definition) is 3. The molecule has 19 heavy (non-hydrogen) atoms. The Balaban J connectivity index is 2.27. The molecule has 0 bridgehead atoms. The van der Waals surface area contributed by atoms with Crippen molar-refractivity contribution < 1.29 is 14.3 Å². The van der Waals surface area contributed by atoms with Crippen LogP contribution in [-0.2, 0) is 9.53 Å². The van der Waals surface area contributed by atoms with Crippen LogP contribution >= 0.6 is 0 Å². The van der Waals surface area contributed by atoms with Gasteiger partial charge in [-0.15, -0.1) is 0 Å². The third-order valence-electron chi connectivity index (χ3n) is 4.51. The molecule has 0 aromatic carbocycles. The second kappa shape index (κ2) is 4.66. The number of fused-ring (bicyclic) bond motifs is 1. The lowest BCUT2D eigenvalue weighted by Gasteiger charge is -2.49. The van der Waals surface area contributed by atoms with Crippen LogP contribution in [-0.4, -0.2) is 36.5 Å². The van der Waals surface area contributed by atoms with Crippen LogP contribution in [0.25, 0.3) is 0 Å². The first-order valence-electron chi connectivity index (χ1n) is 6.97. The average Bonchev–Trinajstić information content (AvgIpc) is 2.34. The Kier molecular flexibility index (Phi) is 3.45. The van der Waals surface area contributed by atoms with Crippen LogP contribution in [0.15, 0.2) is 11.6 Å². The molecule has 0 aromatic heterocycles. The molecule has 0 radical (unpaired) electrons. The molecular weight excluding hydrogens is 242 g/mol. The minimum Gasteiger partial charge on any atom is -0.450 e. The predicted molar refractivity (Wildman–Crippen MR) is 72.8 cm³/mol. The molecule has 2 aliphatic rings. The average molecular weight is 265 g/mol. The third-order valence-corrected chi connectivity index (χ3v) is 4.51. The summed E-state index contributed by atoms with van der Waals surface area (Å²) < 4.78 is 5.07. The van der Waals surface area contributed by atoms with Crippen LogP contribution in [0.5, 0.6) is 0 Å². The Morgan fingerprint density at radius 1 is 1.42 bits per heavy atom. The normalized spacial score (nSPS) is 29.6. The maximum atomic E-state index is 12.1. The lowest BCUT2D eigenvalue weighted by atomic mass is 9.58. The summed E-state index contributed by atoms with van der Waals surface area (Å²) in [6.07, 6.45) is 3.21. The molecule has 0 unspecified atom stereocenters. The number of amides is 1. The zero-order chi connectivity index (χ0) is 14.3. The molecule has 0 N–H and O–H groups in total. The van der Waals surface area contributed by atoms with Crippen molar-refractivity contribution in [1.29, 1.82) is 0 Å². The van der Waals surface area contributed by atoms with Crippen molar-refractivity contribution >= 4 is 11.9 Å². The minimum atomic E-state index is -0.395. The number of rotatable bonds is 1. The smallest absolute Gasteiger partial charge is 0.410 e. The SMILES string of the molecule is CCOC(=O)N1CC=C2C(C)(C)C(=O)CC[C@@]2(C)C1. The molecule has 1 heterocycles. The highest BCUT2D eigenvalue weighted by Crippen LogP contribution is 2.50. The summed E-state index contributed by atoms with van der Waals surface area (Å²) in [7, 11) is 0. The lowest BCUT2D eigenvalue weighted by Crippen LogP contribution is -2.51. The van der Waals surface area contributed by atoms with Crippen LogP contribution < -0.4 is 0 Å². The lowest BCUT2D eigenvalue weighted by molar-refractivity contribution is -0.129. The van der Waals surface area contributed by atoms with E-state index in [-0.39, 0.29) is 11.5 Å². The number of nitrogens with zero attached hydrogens (tertiary/aromatic N) is 1. The number of ketones is 1. The van der Waals surface area contributed by atoms with Gasteiger partial charge in [-0.1, -0.05) is 18.6 Å². The Morgan fingerprint density at radius 2 is 2.11 bits per heavy atom. The fourth-order valence-corrected chi connectivity index (χ4v) is 3.45. The van der Waals surface area contributed by atoms with Crippen molar-refractivity contribution in [3.05, 3.63) is 11.6 Å². The third kappa shape index (κ3) is 2.28. The summed E-state index contributed by atoms with van der Waals surface area (Å²) in [4.78, 5) is 25.7. The van der Waals surface area contributed by atoms with Crippen LogP contribution in [0, 0.1) is 10.8 Å². The van der Waals surface area contributed by atoms with Crippen molar-refractivity contribution in [3.8, 4) is 0 Å². The molecule has 0 aromatic rings. The number of hydrogen-bond donors (Lipinski definition) is 0. The molecular formula is C15H23NO3. The van der Waals surface area contributed by atoms with Gasteiger partial charge >= 0.3 is 6.09 Å². The van der Waals surface area contributed by atoms with E-state index in [1.807, 2.05) is 20.8 Å². The first kappa shape index (κ1) is 14.1. The number of carbonyl (C=O) groups is 2. The van der Waals surface area contributed by atoms with Gasteiger partial charge in [-0.25, -0.2) is 4.79 Å². The minimum absolute atomic E-state index is 0.0948. The molecule has 1 saturated carbocycles. The number of ether oxygens (including phenoxy) is 1. The topological polar surface area (TPSA) is 46.6 Å². The largest absolute Gasteiger partial charge is 0.450 e. The van der Waals surface area contributed by atoms with Gasteiger partial charge in [0.2, 0.25) is 0 Å². The van der Waals surface area contributed by atoms with Crippen molar-refractivity contribution in [2.45, 2.75) is 40.5 Å². The summed E-state index contributed by atoms with van der Waals surface area (Å²) in [6.45, 7) is 9.55. The molecule has 0 spiro atoms. The van der Waals surface area contributed by atoms with Gasteiger partial charge in [0, 0.05) is 30.3 Å². The highest BCUT2D eigenvalue weighted by molar-refractivity contribution is 5.89. The molecule has 1 atom stereocenters. The van der Waals surface area contributed by atoms with E-state index in [0.29, 0.717) is 31.9 Å². The van der Waals surface area contributed by atoms with Gasteiger partial charge in [-0.2, -0.15) is 0 Å². The van der Waals surface area contributed by atoms with Gasteiger partial charge in [0.15, 0.2) is 0 Å². The molecule has 1 fully saturated rings. The van der Waals surface area contributed by atoms with E-state index < -0.39 is 5.41 Å². The molecule has 1 aliphatic heterocycles. The zero-order valence-electron chi connectivity index (χ0n) is 12.3. The van der Waals surface area contributed by atoms with Crippen LogP contribution in [0.4, 0.5) is 4.79 Å². The Morgan fingerprint density at radius 3 is 2.74 bits per heavy atom. The van der Waals surface area contributed by atoms with E-state index in [4.69, 9.17) is 4.74 Å². The summed E-state index contributed by atoms with van der Waals surface area (Å²) in [5.74, 6) is 0.306. The van der Waals surface area contributed by atoms with Crippen LogP contribution in [0.2, 0.25) is 0 Å². The van der Waals surface area contributed by atoms with Crippen LogP contribution in [0.1, 0.15) is 40.5 Å². The van der Waals surface area contributed by atoms with E-state index in [2.05, 4.69) is 13.0 Å². The van der Waals surface area contributed by atoms with Gasteiger partial charge in [-0.3, -0.25) is 4.79 Å². The van der Waals surface area contributed by atoms with E-state index in [1.54, 1.807) is 4.90 Å². The van der Waals surface area contributed by atoms with Gasteiger partial charge in [0.05, 0.1) is 6.61 Å². The highest BCUT2D eigenvalue weighted by Gasteiger charge is 2.49. The predicted octanol–water partition coefficient (Wildman–Crippen LogP) is 2.78. The van der Waals surface area contributed by atoms with E-state index >= 15 is 0 Å². The Hall–Kier alpha value is -1.32. The molecule has 0 saturated heterocycles. The maximum Gasteiger partial charge on any atom is 0.410 e. The quantitative estimate of drug-likeness (QED) is 0.685. The molecule has 1 amide bonds. The summed E-state index contributed by atoms with van der Waals surface area (Å²) in [5, 5.41) is 0. The second-order valence-corrected chi connectivity index (χ2v) is 6.31. The molecule has 4 nitrogen and oxygen atoms in total. The van der Waals surface area contributed by atoms with Crippen molar-refractivity contribution in [3.63, 3.8) is 0 Å². The Bertz CT molecular complexity index is 439. The van der Waals surface area contributed by atoms with E-state index in [0.717, 1.165) is 6.42 Å². The fourth-order valence-electron chi connectivity index (χ4n) is 3.45. The summed E-state index contributed by atoms with van der Waals surface area (Å²) in [6, 6.07) is 0. The van der Waals surface area contributed by atoms with Crippen molar-refractivity contribution in [2.75, 3.05) is 19.7 Å². The zero-order valence-corrected chi connectivity index (χ0v) is 12.3. The molecule has 106 valence electrons. The molecule has 4 heteroatoms. The van der Waals surface area contributed by atoms with Gasteiger partial charge in [0.25, 0.3) is 0 Å². The van der Waals surface area contributed by atoms with E-state index in [1.165, 1.54) is 5.57 Å². The number of Topliss-reactive ketones (excluding diaryl/α,β-unsaturated/α-hetero) is 1. The molecule has 1 aliphatic carbocycles. The Labute approximate surface area is 114 Å². The first-order valence-corrected chi connectivity index (χ1v) is 6.97. The van der Waals surface area contributed by atoms with Crippen molar-refractivity contribution in [1.82, 2.24) is 4.90 Å². The van der Waals surface area contributed by atoms with E-state index in [9.17, 15) is 9.59 Å². The van der Waals surface area contributed by atoms with Gasteiger partial charge < -0.3 is 9.64 Å². The first-order chi connectivity index (χ1) is 8.81. The van der Waals surface area contributed by atoms with Gasteiger partial charge in [0.1, 0.15) is 5.78 Å². The molecule has 2 rings (SSSR count). The second-order valence-electron chi connectivity index (χ2n) is 6.31. The van der Waals surface area contributed by atoms with Gasteiger partial charge in [-0.05, 0) is 27.2 Å². The standard InChI is InChI=1S/C15H23NO3/c1-5-19-13(18)16-9-7-11-14(2,3)12(17)6-8-15(11,4)10-16/h7H,5-6,8-10H2,1-4H3/t15-/m0/s1. The number of carbonyl (C=O) groups excluding carboxylic acids is 2. The summed E-state index contributed by atoms with van der Waals surface area (Å²) >= 11 is 0. The summed E-state index contributed by atoms with van der Waals surface area (Å²) in [5.41, 5.74) is 0.702. The highest BCUT2D eigenvalue weighted by atomic mass is 16.6. The monoisotopic (exact) mass is 265 g/mol. The van der Waals surface area contributed by atoms with Crippen molar-refractivity contribution in [2.24, 2.45) is 10.8 Å².